The van der Waals surface area contributed by atoms with E-state index in [2.05, 4.69) is 0 Å². The van der Waals surface area contributed by atoms with Gasteiger partial charge in [0.2, 0.25) is 0 Å². The molecular formula is C12H19FO2. The van der Waals surface area contributed by atoms with Gasteiger partial charge in [-0.15, -0.1) is 0 Å². The lowest BCUT2D eigenvalue weighted by Gasteiger charge is -2.16. The summed E-state index contributed by atoms with van der Waals surface area (Å²) in [5.41, 5.74) is 0.949. The highest BCUT2D eigenvalue weighted by molar-refractivity contribution is 5.91. The quantitative estimate of drug-likeness (QED) is 0.530. The number of allylic oxidation sites excluding steroid dienone is 2. The normalized spacial score (nSPS) is 27.5. The summed E-state index contributed by atoms with van der Waals surface area (Å²) in [6.45, 7) is 5.36. The first-order chi connectivity index (χ1) is 7.04. The van der Waals surface area contributed by atoms with Gasteiger partial charge in [-0.05, 0) is 31.8 Å². The number of ether oxygens (including phenoxy) is 1. The Kier molecular flexibility index (Phi) is 4.30. The Morgan fingerprint density at radius 2 is 2.07 bits per heavy atom. The van der Waals surface area contributed by atoms with Crippen LogP contribution in [0.15, 0.2) is 11.3 Å². The third-order valence-corrected chi connectivity index (χ3v) is 2.84. The largest absolute Gasteiger partial charge is 0.487 e. The van der Waals surface area contributed by atoms with Crippen molar-refractivity contribution in [2.75, 3.05) is 0 Å². The molecule has 1 aliphatic rings. The molecule has 1 rings (SSSR count). The number of carbonyl (C=O) groups is 1. The summed E-state index contributed by atoms with van der Waals surface area (Å²) in [5, 5.41) is 0. The third kappa shape index (κ3) is 3.33. The zero-order chi connectivity index (χ0) is 11.4. The molecule has 2 atom stereocenters. The molecule has 0 aromatic heterocycles. The van der Waals surface area contributed by atoms with Crippen LogP contribution in [-0.4, -0.2) is 18.1 Å². The molecule has 0 aromatic rings. The second-order valence-corrected chi connectivity index (χ2v) is 4.17. The van der Waals surface area contributed by atoms with Crippen LogP contribution in [0, 0.1) is 0 Å². The van der Waals surface area contributed by atoms with Crippen LogP contribution in [-0.2, 0) is 9.53 Å². The molecule has 0 radical (unpaired) electrons. The fourth-order valence-corrected chi connectivity index (χ4v) is 1.81. The van der Waals surface area contributed by atoms with Gasteiger partial charge >= 0.3 is 0 Å². The number of halogens is 1. The SMILES string of the molecule is CC/C(C)=C(/OC1CCC(F)C1)C(C)=O. The number of rotatable bonds is 4. The van der Waals surface area contributed by atoms with Gasteiger partial charge in [0.1, 0.15) is 12.3 Å². The minimum atomic E-state index is -0.759. The highest BCUT2D eigenvalue weighted by Crippen LogP contribution is 2.27. The van der Waals surface area contributed by atoms with E-state index in [4.69, 9.17) is 4.74 Å². The summed E-state index contributed by atoms with van der Waals surface area (Å²) in [4.78, 5) is 11.3. The van der Waals surface area contributed by atoms with Crippen molar-refractivity contribution in [1.82, 2.24) is 0 Å². The highest BCUT2D eigenvalue weighted by Gasteiger charge is 2.27. The van der Waals surface area contributed by atoms with Crippen LogP contribution in [0.2, 0.25) is 0 Å². The van der Waals surface area contributed by atoms with Crippen molar-refractivity contribution in [3.05, 3.63) is 11.3 Å². The van der Waals surface area contributed by atoms with E-state index in [-0.39, 0.29) is 11.9 Å². The zero-order valence-electron chi connectivity index (χ0n) is 9.68. The van der Waals surface area contributed by atoms with Crippen molar-refractivity contribution in [2.24, 2.45) is 0 Å². The average Bonchev–Trinajstić information content (AvgIpc) is 2.59. The molecule has 15 heavy (non-hydrogen) atoms. The summed E-state index contributed by atoms with van der Waals surface area (Å²) in [7, 11) is 0. The molecule has 0 spiro atoms. The molecule has 0 N–H and O–H groups in total. The average molecular weight is 214 g/mol. The van der Waals surface area contributed by atoms with E-state index in [1.807, 2.05) is 13.8 Å². The van der Waals surface area contributed by atoms with Crippen LogP contribution in [0.25, 0.3) is 0 Å². The van der Waals surface area contributed by atoms with Crippen LogP contribution in [0.3, 0.4) is 0 Å². The Balaban J connectivity index is 2.64. The fourth-order valence-electron chi connectivity index (χ4n) is 1.81. The lowest BCUT2D eigenvalue weighted by Crippen LogP contribution is -2.14. The molecular weight excluding hydrogens is 195 g/mol. The Morgan fingerprint density at radius 1 is 1.40 bits per heavy atom. The second-order valence-electron chi connectivity index (χ2n) is 4.17. The van der Waals surface area contributed by atoms with Gasteiger partial charge in [-0.3, -0.25) is 4.79 Å². The summed E-state index contributed by atoms with van der Waals surface area (Å²) in [5.74, 6) is 0.383. The molecule has 0 aliphatic heterocycles. The Hall–Kier alpha value is -0.860. The van der Waals surface area contributed by atoms with Gasteiger partial charge in [0, 0.05) is 13.3 Å². The summed E-state index contributed by atoms with van der Waals surface area (Å²) < 4.78 is 18.5. The minimum Gasteiger partial charge on any atom is -0.487 e. The highest BCUT2D eigenvalue weighted by atomic mass is 19.1. The summed E-state index contributed by atoms with van der Waals surface area (Å²) in [6, 6.07) is 0. The molecule has 0 aromatic carbocycles. The molecule has 86 valence electrons. The van der Waals surface area contributed by atoms with Gasteiger partial charge in [-0.25, -0.2) is 4.39 Å². The Bertz CT molecular complexity index is 271. The van der Waals surface area contributed by atoms with Crippen LogP contribution >= 0.6 is 0 Å². The van der Waals surface area contributed by atoms with Crippen LogP contribution in [0.5, 0.6) is 0 Å². The van der Waals surface area contributed by atoms with Crippen molar-refractivity contribution in [2.45, 2.75) is 58.7 Å². The van der Waals surface area contributed by atoms with E-state index in [0.717, 1.165) is 18.4 Å². The number of alkyl halides is 1. The number of hydrogen-bond acceptors (Lipinski definition) is 2. The first-order valence-electron chi connectivity index (χ1n) is 5.56. The maximum absolute atomic E-state index is 12.9. The predicted molar refractivity (Wildman–Crippen MR) is 57.3 cm³/mol. The van der Waals surface area contributed by atoms with Gasteiger partial charge in [0.05, 0.1) is 0 Å². The number of hydrogen-bond donors (Lipinski definition) is 0. The van der Waals surface area contributed by atoms with E-state index < -0.39 is 6.17 Å². The van der Waals surface area contributed by atoms with Crippen LogP contribution in [0.4, 0.5) is 4.39 Å². The first-order valence-corrected chi connectivity index (χ1v) is 5.56. The first kappa shape index (κ1) is 12.2. The molecule has 3 heteroatoms. The smallest absolute Gasteiger partial charge is 0.194 e. The maximum Gasteiger partial charge on any atom is 0.194 e. The fraction of sp³-hybridized carbons (Fsp3) is 0.750. The van der Waals surface area contributed by atoms with Gasteiger partial charge in [0.25, 0.3) is 0 Å². The summed E-state index contributed by atoms with van der Waals surface area (Å²) in [6.07, 6.45) is 1.62. The van der Waals surface area contributed by atoms with E-state index in [1.54, 1.807) is 0 Å². The van der Waals surface area contributed by atoms with Gasteiger partial charge in [-0.1, -0.05) is 6.92 Å². The summed E-state index contributed by atoms with van der Waals surface area (Å²) >= 11 is 0. The minimum absolute atomic E-state index is 0.0586. The number of Topliss-reactive ketones (excluding diaryl/α,β-unsaturated/α-hetero) is 1. The third-order valence-electron chi connectivity index (χ3n) is 2.84. The maximum atomic E-state index is 12.9. The Labute approximate surface area is 90.5 Å². The van der Waals surface area contributed by atoms with Gasteiger partial charge in [-0.2, -0.15) is 0 Å². The van der Waals surface area contributed by atoms with Crippen LogP contribution in [0.1, 0.15) is 46.5 Å². The van der Waals surface area contributed by atoms with E-state index in [0.29, 0.717) is 18.6 Å². The number of carbonyl (C=O) groups excluding carboxylic acids is 1. The number of ketones is 1. The van der Waals surface area contributed by atoms with E-state index in [9.17, 15) is 9.18 Å². The van der Waals surface area contributed by atoms with Crippen LogP contribution < -0.4 is 0 Å². The topological polar surface area (TPSA) is 26.3 Å². The molecule has 0 amide bonds. The van der Waals surface area contributed by atoms with Crippen molar-refractivity contribution in [3.8, 4) is 0 Å². The second kappa shape index (κ2) is 5.29. The lowest BCUT2D eigenvalue weighted by atomic mass is 10.1. The van der Waals surface area contributed by atoms with Crippen molar-refractivity contribution < 1.29 is 13.9 Å². The molecule has 1 aliphatic carbocycles. The molecule has 0 bridgehead atoms. The van der Waals surface area contributed by atoms with Crippen molar-refractivity contribution in [1.29, 1.82) is 0 Å². The molecule has 1 saturated carbocycles. The molecule has 0 saturated heterocycles. The van der Waals surface area contributed by atoms with Crippen molar-refractivity contribution in [3.63, 3.8) is 0 Å². The lowest BCUT2D eigenvalue weighted by molar-refractivity contribution is -0.118. The Morgan fingerprint density at radius 3 is 2.47 bits per heavy atom. The molecule has 2 nitrogen and oxygen atoms in total. The predicted octanol–water partition coefficient (Wildman–Crippen LogP) is 3.17. The standard InChI is InChI=1S/C12H19FO2/c1-4-8(2)12(9(3)14)15-11-6-5-10(13)7-11/h10-11H,4-7H2,1-3H3/b12-8+. The van der Waals surface area contributed by atoms with Gasteiger partial charge in [0.15, 0.2) is 11.5 Å². The molecule has 1 fully saturated rings. The van der Waals surface area contributed by atoms with E-state index >= 15 is 0 Å². The van der Waals surface area contributed by atoms with Gasteiger partial charge < -0.3 is 4.74 Å². The molecule has 0 heterocycles. The zero-order valence-corrected chi connectivity index (χ0v) is 9.68. The van der Waals surface area contributed by atoms with E-state index in [1.165, 1.54) is 6.92 Å². The molecule has 2 unspecified atom stereocenters. The monoisotopic (exact) mass is 214 g/mol. The van der Waals surface area contributed by atoms with Crippen molar-refractivity contribution >= 4 is 5.78 Å².